The van der Waals surface area contributed by atoms with Gasteiger partial charge in [0.2, 0.25) is 0 Å². The average Bonchev–Trinajstić information content (AvgIpc) is 2.91. The van der Waals surface area contributed by atoms with E-state index >= 15 is 0 Å². The maximum absolute atomic E-state index is 12.3. The molecule has 26 heavy (non-hydrogen) atoms. The second-order valence-electron chi connectivity index (χ2n) is 5.79. The van der Waals surface area contributed by atoms with Crippen molar-refractivity contribution in [2.45, 2.75) is 12.8 Å². The fourth-order valence-electron chi connectivity index (χ4n) is 2.71. The zero-order valence-electron chi connectivity index (χ0n) is 14.2. The lowest BCUT2D eigenvalue weighted by atomic mass is 10.1. The Bertz CT molecular complexity index is 782. The highest BCUT2D eigenvalue weighted by Crippen LogP contribution is 2.23. The normalized spacial score (nSPS) is 12.8. The Kier molecular flexibility index (Phi) is 5.63. The third-order valence-electron chi connectivity index (χ3n) is 4.00. The summed E-state index contributed by atoms with van der Waals surface area (Å²) in [5, 5.41) is 0. The molecule has 0 saturated carbocycles. The molecule has 1 aliphatic rings. The van der Waals surface area contributed by atoms with Crippen molar-refractivity contribution < 1.29 is 23.9 Å². The van der Waals surface area contributed by atoms with Crippen LogP contribution in [0, 0.1) is 0 Å². The molecule has 2 aromatic rings. The van der Waals surface area contributed by atoms with Crippen LogP contribution in [-0.4, -0.2) is 42.8 Å². The van der Waals surface area contributed by atoms with E-state index in [2.05, 4.69) is 0 Å². The van der Waals surface area contributed by atoms with Gasteiger partial charge >= 0.3 is 0 Å². The molecule has 1 aliphatic heterocycles. The molecule has 6 nitrogen and oxygen atoms in total. The second kappa shape index (κ2) is 8.29. The first kappa shape index (κ1) is 17.7. The minimum Gasteiger partial charge on any atom is -0.493 e. The number of aldehydes is 1. The van der Waals surface area contributed by atoms with Gasteiger partial charge in [0.1, 0.15) is 24.4 Å². The Balaban J connectivity index is 1.52. The molecule has 0 unspecified atom stereocenters. The maximum atomic E-state index is 12.3. The predicted molar refractivity (Wildman–Crippen MR) is 94.5 cm³/mol. The van der Waals surface area contributed by atoms with Gasteiger partial charge in [0.05, 0.1) is 24.3 Å². The van der Waals surface area contributed by atoms with Gasteiger partial charge in [-0.15, -0.1) is 0 Å². The van der Waals surface area contributed by atoms with Gasteiger partial charge in [-0.05, 0) is 30.7 Å². The van der Waals surface area contributed by atoms with Gasteiger partial charge in [-0.2, -0.15) is 0 Å². The van der Waals surface area contributed by atoms with E-state index in [0.717, 1.165) is 6.29 Å². The number of carbonyl (C=O) groups is 3. The molecule has 0 aliphatic carbocycles. The van der Waals surface area contributed by atoms with Crippen molar-refractivity contribution in [2.75, 3.05) is 19.8 Å². The number of hydrogen-bond donors (Lipinski definition) is 0. The number of rotatable bonds is 9. The zero-order chi connectivity index (χ0) is 18.4. The molecular formula is C20H19NO5. The summed E-state index contributed by atoms with van der Waals surface area (Å²) in [7, 11) is 0. The van der Waals surface area contributed by atoms with E-state index < -0.39 is 0 Å². The standard InChI is InChI=1S/C20H19NO5/c22-11-3-4-12-25-15-6-5-7-16(14-15)26-13-10-21-19(23)17-8-1-2-9-18(17)20(21)24/h1-2,5-9,11,14H,3-4,10,12-13H2. The number of ether oxygens (including phenoxy) is 2. The second-order valence-corrected chi connectivity index (χ2v) is 5.79. The minimum absolute atomic E-state index is 0.177. The summed E-state index contributed by atoms with van der Waals surface area (Å²) in [5.41, 5.74) is 0.867. The maximum Gasteiger partial charge on any atom is 0.261 e. The van der Waals surface area contributed by atoms with E-state index in [-0.39, 0.29) is 25.0 Å². The van der Waals surface area contributed by atoms with Crippen molar-refractivity contribution in [1.29, 1.82) is 0 Å². The molecule has 0 saturated heterocycles. The van der Waals surface area contributed by atoms with Crippen LogP contribution < -0.4 is 9.47 Å². The Hall–Kier alpha value is -3.15. The van der Waals surface area contributed by atoms with Crippen molar-refractivity contribution in [3.05, 3.63) is 59.7 Å². The van der Waals surface area contributed by atoms with E-state index in [1.807, 2.05) is 0 Å². The van der Waals surface area contributed by atoms with Crippen LogP contribution >= 0.6 is 0 Å². The minimum atomic E-state index is -0.290. The van der Waals surface area contributed by atoms with Crippen molar-refractivity contribution >= 4 is 18.1 Å². The van der Waals surface area contributed by atoms with Gasteiger partial charge in [0.15, 0.2) is 0 Å². The fraction of sp³-hybridized carbons (Fsp3) is 0.250. The van der Waals surface area contributed by atoms with Gasteiger partial charge in [-0.1, -0.05) is 18.2 Å². The predicted octanol–water partition coefficient (Wildman–Crippen LogP) is 2.72. The molecule has 0 radical (unpaired) electrons. The molecule has 6 heteroatoms. The number of imide groups is 1. The molecule has 2 amide bonds. The summed E-state index contributed by atoms with van der Waals surface area (Å²) in [6.45, 7) is 0.827. The van der Waals surface area contributed by atoms with E-state index in [4.69, 9.17) is 9.47 Å². The van der Waals surface area contributed by atoms with Crippen LogP contribution in [0.1, 0.15) is 33.6 Å². The molecule has 2 aromatic carbocycles. The lowest BCUT2D eigenvalue weighted by Gasteiger charge is -2.15. The van der Waals surface area contributed by atoms with E-state index in [9.17, 15) is 14.4 Å². The molecule has 3 rings (SSSR count). The highest BCUT2D eigenvalue weighted by atomic mass is 16.5. The molecule has 0 atom stereocenters. The van der Waals surface area contributed by atoms with Crippen molar-refractivity contribution in [1.82, 2.24) is 4.90 Å². The third-order valence-corrected chi connectivity index (χ3v) is 4.00. The summed E-state index contributed by atoms with van der Waals surface area (Å²) in [4.78, 5) is 36.0. The first-order valence-electron chi connectivity index (χ1n) is 8.45. The molecule has 0 aromatic heterocycles. The summed E-state index contributed by atoms with van der Waals surface area (Å²) in [6.07, 6.45) is 1.99. The van der Waals surface area contributed by atoms with Crippen LogP contribution in [0.5, 0.6) is 11.5 Å². The van der Waals surface area contributed by atoms with E-state index in [1.54, 1.807) is 48.5 Å². The number of fused-ring (bicyclic) bond motifs is 1. The number of hydrogen-bond acceptors (Lipinski definition) is 5. The van der Waals surface area contributed by atoms with Gasteiger partial charge in [0.25, 0.3) is 11.8 Å². The fourth-order valence-corrected chi connectivity index (χ4v) is 2.71. The van der Waals surface area contributed by atoms with Gasteiger partial charge < -0.3 is 14.3 Å². The van der Waals surface area contributed by atoms with E-state index in [1.165, 1.54) is 4.90 Å². The van der Waals surface area contributed by atoms with Crippen LogP contribution in [0.25, 0.3) is 0 Å². The molecule has 0 fully saturated rings. The topological polar surface area (TPSA) is 72.9 Å². The Morgan fingerprint density at radius 2 is 1.46 bits per heavy atom. The number of benzene rings is 2. The molecule has 1 heterocycles. The molecule has 134 valence electrons. The SMILES string of the molecule is O=CCCCOc1cccc(OCCN2C(=O)c3ccccc3C2=O)c1. The largest absolute Gasteiger partial charge is 0.493 e. The van der Waals surface area contributed by atoms with Crippen LogP contribution in [0.2, 0.25) is 0 Å². The quantitative estimate of drug-likeness (QED) is 0.394. The van der Waals surface area contributed by atoms with Crippen LogP contribution in [-0.2, 0) is 4.79 Å². The average molecular weight is 353 g/mol. The van der Waals surface area contributed by atoms with Gasteiger partial charge in [0, 0.05) is 12.5 Å². The Morgan fingerprint density at radius 1 is 0.846 bits per heavy atom. The van der Waals surface area contributed by atoms with Gasteiger partial charge in [-0.25, -0.2) is 0 Å². The number of amides is 2. The van der Waals surface area contributed by atoms with Crippen LogP contribution in [0.15, 0.2) is 48.5 Å². The molecule has 0 bridgehead atoms. The van der Waals surface area contributed by atoms with Crippen molar-refractivity contribution in [3.63, 3.8) is 0 Å². The molecule has 0 N–H and O–H groups in total. The van der Waals surface area contributed by atoms with Crippen LogP contribution in [0.4, 0.5) is 0 Å². The first-order valence-corrected chi connectivity index (χ1v) is 8.45. The molecular weight excluding hydrogens is 334 g/mol. The summed E-state index contributed by atoms with van der Waals surface area (Å²) < 4.78 is 11.2. The summed E-state index contributed by atoms with van der Waals surface area (Å²) in [5.74, 6) is 0.659. The zero-order valence-corrected chi connectivity index (χ0v) is 14.2. The Morgan fingerprint density at radius 3 is 2.08 bits per heavy atom. The molecule has 0 spiro atoms. The van der Waals surface area contributed by atoms with E-state index in [0.29, 0.717) is 42.1 Å². The summed E-state index contributed by atoms with van der Waals surface area (Å²) in [6, 6.07) is 13.9. The highest BCUT2D eigenvalue weighted by molar-refractivity contribution is 6.21. The summed E-state index contributed by atoms with van der Waals surface area (Å²) >= 11 is 0. The lowest BCUT2D eigenvalue weighted by molar-refractivity contribution is -0.108. The third kappa shape index (κ3) is 3.91. The number of nitrogens with zero attached hydrogens (tertiary/aromatic N) is 1. The lowest BCUT2D eigenvalue weighted by Crippen LogP contribution is -2.33. The monoisotopic (exact) mass is 353 g/mol. The first-order chi connectivity index (χ1) is 12.7. The highest BCUT2D eigenvalue weighted by Gasteiger charge is 2.34. The smallest absolute Gasteiger partial charge is 0.261 e. The van der Waals surface area contributed by atoms with Crippen molar-refractivity contribution in [2.24, 2.45) is 0 Å². The number of carbonyl (C=O) groups excluding carboxylic acids is 3. The number of unbranched alkanes of at least 4 members (excludes halogenated alkanes) is 1. The van der Waals surface area contributed by atoms with Crippen LogP contribution in [0.3, 0.4) is 0 Å². The van der Waals surface area contributed by atoms with Gasteiger partial charge in [-0.3, -0.25) is 14.5 Å². The Labute approximate surface area is 151 Å². The van der Waals surface area contributed by atoms with Crippen molar-refractivity contribution in [3.8, 4) is 11.5 Å².